The van der Waals surface area contributed by atoms with E-state index in [1.54, 1.807) is 7.11 Å². The van der Waals surface area contributed by atoms with Gasteiger partial charge in [0.25, 0.3) is 0 Å². The summed E-state index contributed by atoms with van der Waals surface area (Å²) in [7, 11) is 1.72. The molecule has 0 bridgehead atoms. The molecule has 0 saturated heterocycles. The molecule has 0 amide bonds. The molecule has 4 heteroatoms. The van der Waals surface area contributed by atoms with Crippen LogP contribution in [0.1, 0.15) is 46.8 Å². The zero-order valence-electron chi connectivity index (χ0n) is 16.1. The highest BCUT2D eigenvalue weighted by Crippen LogP contribution is 2.30. The van der Waals surface area contributed by atoms with Crippen molar-refractivity contribution in [2.45, 2.75) is 45.3 Å². The highest BCUT2D eigenvalue weighted by Gasteiger charge is 2.24. The summed E-state index contributed by atoms with van der Waals surface area (Å²) in [6, 6.07) is 17.3. The van der Waals surface area contributed by atoms with Crippen LogP contribution in [0.25, 0.3) is 0 Å². The van der Waals surface area contributed by atoms with Crippen molar-refractivity contribution in [3.8, 4) is 5.75 Å². The number of benzene rings is 2. The fraction of sp³-hybridized carbons (Fsp3) is 0.348. The van der Waals surface area contributed by atoms with Gasteiger partial charge in [0, 0.05) is 23.8 Å². The van der Waals surface area contributed by atoms with E-state index < -0.39 is 0 Å². The zero-order chi connectivity index (χ0) is 18.6. The molecule has 1 aliphatic rings. The van der Waals surface area contributed by atoms with Crippen molar-refractivity contribution in [3.05, 3.63) is 82.7 Å². The third kappa shape index (κ3) is 3.91. The molecule has 3 aromatic rings. The molecule has 1 aromatic heterocycles. The number of hydrogen-bond acceptors (Lipinski definition) is 3. The van der Waals surface area contributed by atoms with Crippen molar-refractivity contribution in [2.24, 2.45) is 0 Å². The predicted molar refractivity (Wildman–Crippen MR) is 108 cm³/mol. The van der Waals surface area contributed by atoms with Crippen molar-refractivity contribution < 1.29 is 4.74 Å². The van der Waals surface area contributed by atoms with E-state index >= 15 is 0 Å². The van der Waals surface area contributed by atoms with Gasteiger partial charge in [-0.2, -0.15) is 5.10 Å². The fourth-order valence-corrected chi connectivity index (χ4v) is 4.01. The van der Waals surface area contributed by atoms with Gasteiger partial charge < -0.3 is 10.1 Å². The minimum atomic E-state index is 0.376. The maximum atomic E-state index is 5.36. The van der Waals surface area contributed by atoms with Crippen LogP contribution in [0.15, 0.2) is 54.7 Å². The summed E-state index contributed by atoms with van der Waals surface area (Å²) >= 11 is 0. The van der Waals surface area contributed by atoms with Gasteiger partial charge in [0.2, 0.25) is 0 Å². The lowest BCUT2D eigenvalue weighted by Gasteiger charge is -2.24. The Hall–Kier alpha value is -2.59. The lowest BCUT2D eigenvalue weighted by molar-refractivity contribution is 0.411. The minimum Gasteiger partial charge on any atom is -0.496 e. The first kappa shape index (κ1) is 17.8. The summed E-state index contributed by atoms with van der Waals surface area (Å²) in [6.07, 6.45) is 5.54. The summed E-state index contributed by atoms with van der Waals surface area (Å²) in [6.45, 7) is 3.80. The number of aryl methyl sites for hydroxylation is 1. The van der Waals surface area contributed by atoms with Crippen molar-refractivity contribution >= 4 is 0 Å². The van der Waals surface area contributed by atoms with E-state index in [1.165, 1.54) is 40.8 Å². The predicted octanol–water partition coefficient (Wildman–Crippen LogP) is 4.42. The molecule has 1 atom stereocenters. The molecule has 0 aliphatic heterocycles. The van der Waals surface area contributed by atoms with E-state index in [2.05, 4.69) is 71.7 Å². The van der Waals surface area contributed by atoms with Crippen LogP contribution in [0.3, 0.4) is 0 Å². The van der Waals surface area contributed by atoms with Crippen LogP contribution in [-0.4, -0.2) is 16.9 Å². The van der Waals surface area contributed by atoms with E-state index in [0.717, 1.165) is 25.3 Å². The van der Waals surface area contributed by atoms with Crippen LogP contribution in [-0.2, 0) is 19.5 Å². The molecule has 1 heterocycles. The molecule has 4 rings (SSSR count). The van der Waals surface area contributed by atoms with E-state index in [4.69, 9.17) is 9.84 Å². The Morgan fingerprint density at radius 2 is 2.00 bits per heavy atom. The Labute approximate surface area is 161 Å². The second-order valence-corrected chi connectivity index (χ2v) is 7.32. The molecule has 0 unspecified atom stereocenters. The zero-order valence-corrected chi connectivity index (χ0v) is 16.1. The molecular weight excluding hydrogens is 334 g/mol. The average Bonchev–Trinajstić information content (AvgIpc) is 3.11. The van der Waals surface area contributed by atoms with Crippen LogP contribution in [0.2, 0.25) is 0 Å². The second-order valence-electron chi connectivity index (χ2n) is 7.32. The number of aromatic nitrogens is 2. The standard InChI is InChI=1S/C23H27N3O/c1-17-13-19(11-12-23(17)27-2)14-24-21-9-6-10-22-20(21)15-25-26(22)16-18-7-4-3-5-8-18/h3-5,7-8,11-13,15,21,24H,6,9-10,14,16H2,1-2H3/t21-/m0/s1. The lowest BCUT2D eigenvalue weighted by atomic mass is 9.92. The van der Waals surface area contributed by atoms with Gasteiger partial charge in [-0.1, -0.05) is 42.5 Å². The summed E-state index contributed by atoms with van der Waals surface area (Å²) in [5.74, 6) is 0.945. The van der Waals surface area contributed by atoms with E-state index in [0.29, 0.717) is 6.04 Å². The Balaban J connectivity index is 1.46. The largest absolute Gasteiger partial charge is 0.496 e. The van der Waals surface area contributed by atoms with Crippen molar-refractivity contribution in [1.82, 2.24) is 15.1 Å². The molecule has 0 spiro atoms. The summed E-state index contributed by atoms with van der Waals surface area (Å²) in [5.41, 5.74) is 6.51. The first-order chi connectivity index (χ1) is 13.2. The number of nitrogens with zero attached hydrogens (tertiary/aromatic N) is 2. The van der Waals surface area contributed by atoms with Crippen molar-refractivity contribution in [2.75, 3.05) is 7.11 Å². The third-order valence-electron chi connectivity index (χ3n) is 5.45. The van der Waals surface area contributed by atoms with Gasteiger partial charge in [-0.15, -0.1) is 0 Å². The molecule has 1 aliphatic carbocycles. The van der Waals surface area contributed by atoms with Gasteiger partial charge >= 0.3 is 0 Å². The quantitative estimate of drug-likeness (QED) is 0.707. The van der Waals surface area contributed by atoms with Gasteiger partial charge in [-0.3, -0.25) is 4.68 Å². The summed E-state index contributed by atoms with van der Waals surface area (Å²) in [4.78, 5) is 0. The number of ether oxygens (including phenoxy) is 1. The maximum Gasteiger partial charge on any atom is 0.121 e. The normalized spacial score (nSPS) is 16.1. The number of hydrogen-bond donors (Lipinski definition) is 1. The molecular formula is C23H27N3O. The lowest BCUT2D eigenvalue weighted by Crippen LogP contribution is -2.25. The maximum absolute atomic E-state index is 5.36. The van der Waals surface area contributed by atoms with Crippen molar-refractivity contribution in [1.29, 1.82) is 0 Å². The Kier molecular flexibility index (Phi) is 5.26. The van der Waals surface area contributed by atoms with Gasteiger partial charge in [-0.25, -0.2) is 0 Å². The first-order valence-electron chi connectivity index (χ1n) is 9.70. The molecule has 4 nitrogen and oxygen atoms in total. The molecule has 0 fully saturated rings. The van der Waals surface area contributed by atoms with Gasteiger partial charge in [0.1, 0.15) is 5.75 Å². The SMILES string of the molecule is COc1ccc(CN[C@H]2CCCc3c2cnn3Cc2ccccc2)cc1C. The number of rotatable bonds is 6. The van der Waals surface area contributed by atoms with Gasteiger partial charge in [0.05, 0.1) is 19.9 Å². The third-order valence-corrected chi connectivity index (χ3v) is 5.45. The van der Waals surface area contributed by atoms with Crippen LogP contribution in [0.4, 0.5) is 0 Å². The van der Waals surface area contributed by atoms with Gasteiger partial charge in [-0.05, 0) is 48.9 Å². The topological polar surface area (TPSA) is 39.1 Å². The van der Waals surface area contributed by atoms with Crippen LogP contribution < -0.4 is 10.1 Å². The van der Waals surface area contributed by atoms with Crippen LogP contribution >= 0.6 is 0 Å². The summed E-state index contributed by atoms with van der Waals surface area (Å²) < 4.78 is 7.54. The first-order valence-corrected chi connectivity index (χ1v) is 9.70. The van der Waals surface area contributed by atoms with Crippen LogP contribution in [0, 0.1) is 6.92 Å². The Morgan fingerprint density at radius 3 is 2.78 bits per heavy atom. The number of nitrogens with one attached hydrogen (secondary N) is 1. The molecule has 0 saturated carbocycles. The smallest absolute Gasteiger partial charge is 0.121 e. The molecule has 27 heavy (non-hydrogen) atoms. The Morgan fingerprint density at radius 1 is 1.15 bits per heavy atom. The van der Waals surface area contributed by atoms with Gasteiger partial charge in [0.15, 0.2) is 0 Å². The Bertz CT molecular complexity index is 901. The average molecular weight is 361 g/mol. The molecule has 2 aromatic carbocycles. The van der Waals surface area contributed by atoms with Crippen LogP contribution in [0.5, 0.6) is 5.75 Å². The molecule has 0 radical (unpaired) electrons. The molecule has 1 N–H and O–H groups in total. The molecule has 140 valence electrons. The highest BCUT2D eigenvalue weighted by atomic mass is 16.5. The number of methoxy groups -OCH3 is 1. The number of fused-ring (bicyclic) bond motifs is 1. The highest BCUT2D eigenvalue weighted by molar-refractivity contribution is 5.36. The summed E-state index contributed by atoms with van der Waals surface area (Å²) in [5, 5.41) is 8.44. The van der Waals surface area contributed by atoms with E-state index in [9.17, 15) is 0 Å². The van der Waals surface area contributed by atoms with Crippen molar-refractivity contribution in [3.63, 3.8) is 0 Å². The van der Waals surface area contributed by atoms with E-state index in [-0.39, 0.29) is 0 Å². The minimum absolute atomic E-state index is 0.376. The monoisotopic (exact) mass is 361 g/mol. The second kappa shape index (κ2) is 7.97. The fourth-order valence-electron chi connectivity index (χ4n) is 4.01. The van der Waals surface area contributed by atoms with E-state index in [1.807, 2.05) is 0 Å².